The lowest BCUT2D eigenvalue weighted by atomic mass is 10.1. The minimum atomic E-state index is -3.27. The zero-order valence-corrected chi connectivity index (χ0v) is 11.5. The molecule has 1 aromatic carbocycles. The third kappa shape index (κ3) is 4.75. The maximum atomic E-state index is 11.6. The Labute approximate surface area is 108 Å². The first kappa shape index (κ1) is 14.5. The normalized spacial score (nSPS) is 12.8. The quantitative estimate of drug-likeness (QED) is 0.859. The molecule has 0 aliphatic carbocycles. The molecule has 5 nitrogen and oxygen atoms in total. The zero-order chi connectivity index (χ0) is 13.8. The molecule has 0 bridgehead atoms. The Hall–Kier alpha value is -1.56. The molecule has 1 aromatic rings. The topological polar surface area (TPSA) is 75.3 Å². The van der Waals surface area contributed by atoms with Crippen LogP contribution >= 0.6 is 0 Å². The van der Waals surface area contributed by atoms with Gasteiger partial charge in [-0.15, -0.1) is 0 Å². The van der Waals surface area contributed by atoms with Crippen LogP contribution in [0.15, 0.2) is 24.3 Å². The first-order chi connectivity index (χ1) is 8.31. The van der Waals surface area contributed by atoms with E-state index in [-0.39, 0.29) is 11.8 Å². The van der Waals surface area contributed by atoms with E-state index in [1.54, 1.807) is 24.3 Å². The van der Waals surface area contributed by atoms with Gasteiger partial charge in [0.15, 0.2) is 0 Å². The minimum absolute atomic E-state index is 0.0404. The summed E-state index contributed by atoms with van der Waals surface area (Å²) in [6.45, 7) is 3.80. The number of anilines is 2. The number of hydrogen-bond acceptors (Lipinski definition) is 3. The number of carbonyl (C=O) groups is 1. The summed E-state index contributed by atoms with van der Waals surface area (Å²) in [5, 5.41) is 2.77. The molecule has 0 aliphatic rings. The van der Waals surface area contributed by atoms with Crippen molar-refractivity contribution in [2.45, 2.75) is 20.3 Å². The Kier molecular flexibility index (Phi) is 4.72. The Balaban J connectivity index is 2.69. The maximum Gasteiger partial charge on any atom is 0.229 e. The van der Waals surface area contributed by atoms with Crippen LogP contribution in [0, 0.1) is 5.92 Å². The van der Waals surface area contributed by atoms with Gasteiger partial charge in [-0.25, -0.2) is 8.42 Å². The number of nitrogens with one attached hydrogen (secondary N) is 2. The van der Waals surface area contributed by atoms with Crippen molar-refractivity contribution in [3.63, 3.8) is 0 Å². The summed E-state index contributed by atoms with van der Waals surface area (Å²) in [5.41, 5.74) is 1.12. The van der Waals surface area contributed by atoms with Crippen molar-refractivity contribution in [2.24, 2.45) is 5.92 Å². The van der Waals surface area contributed by atoms with E-state index >= 15 is 0 Å². The van der Waals surface area contributed by atoms with Gasteiger partial charge < -0.3 is 5.32 Å². The zero-order valence-electron chi connectivity index (χ0n) is 10.7. The maximum absolute atomic E-state index is 11.6. The van der Waals surface area contributed by atoms with E-state index in [0.717, 1.165) is 12.7 Å². The molecule has 0 fully saturated rings. The molecule has 100 valence electrons. The molecule has 1 unspecified atom stereocenters. The lowest BCUT2D eigenvalue weighted by Crippen LogP contribution is -2.19. The first-order valence-electron chi connectivity index (χ1n) is 5.70. The van der Waals surface area contributed by atoms with Gasteiger partial charge in [0, 0.05) is 17.3 Å². The average molecular weight is 270 g/mol. The summed E-state index contributed by atoms with van der Waals surface area (Å²) in [7, 11) is -3.27. The van der Waals surface area contributed by atoms with Gasteiger partial charge in [-0.1, -0.05) is 13.8 Å². The number of amides is 1. The van der Waals surface area contributed by atoms with E-state index < -0.39 is 10.0 Å². The summed E-state index contributed by atoms with van der Waals surface area (Å²) >= 11 is 0. The third-order valence-corrected chi connectivity index (χ3v) is 3.12. The summed E-state index contributed by atoms with van der Waals surface area (Å²) in [6, 6.07) is 6.53. The molecular formula is C12H18N2O3S. The molecule has 0 heterocycles. The standard InChI is InChI=1S/C12H18N2O3S/c1-4-9(2)12(15)13-10-5-7-11(8-6-10)14-18(3,16)17/h5-9,14H,4H2,1-3H3,(H,13,15). The van der Waals surface area contributed by atoms with E-state index in [2.05, 4.69) is 10.0 Å². The number of benzene rings is 1. The second-order valence-electron chi connectivity index (χ2n) is 4.25. The van der Waals surface area contributed by atoms with Gasteiger partial charge >= 0.3 is 0 Å². The van der Waals surface area contributed by atoms with Gasteiger partial charge in [0.25, 0.3) is 0 Å². The van der Waals surface area contributed by atoms with Crippen molar-refractivity contribution >= 4 is 27.3 Å². The van der Waals surface area contributed by atoms with Gasteiger partial charge in [0.05, 0.1) is 6.26 Å². The molecular weight excluding hydrogens is 252 g/mol. The molecule has 0 radical (unpaired) electrons. The van der Waals surface area contributed by atoms with Crippen molar-refractivity contribution < 1.29 is 13.2 Å². The first-order valence-corrected chi connectivity index (χ1v) is 7.59. The van der Waals surface area contributed by atoms with Crippen molar-refractivity contribution in [2.75, 3.05) is 16.3 Å². The monoisotopic (exact) mass is 270 g/mol. The highest BCUT2D eigenvalue weighted by molar-refractivity contribution is 7.92. The van der Waals surface area contributed by atoms with Crippen LogP contribution < -0.4 is 10.0 Å². The molecule has 1 amide bonds. The molecule has 0 spiro atoms. The van der Waals surface area contributed by atoms with E-state index in [1.165, 1.54) is 0 Å². The predicted molar refractivity (Wildman–Crippen MR) is 73.0 cm³/mol. The molecule has 1 atom stereocenters. The fourth-order valence-electron chi connectivity index (χ4n) is 1.29. The Bertz CT molecular complexity index is 509. The van der Waals surface area contributed by atoms with Crippen LogP contribution in [-0.4, -0.2) is 20.6 Å². The van der Waals surface area contributed by atoms with Gasteiger partial charge in [-0.3, -0.25) is 9.52 Å². The van der Waals surface area contributed by atoms with Crippen LogP contribution in [0.25, 0.3) is 0 Å². The molecule has 0 saturated heterocycles. The number of sulfonamides is 1. The summed E-state index contributed by atoms with van der Waals surface area (Å²) in [5.74, 6) is -0.0832. The van der Waals surface area contributed by atoms with Crippen molar-refractivity contribution in [3.8, 4) is 0 Å². The number of carbonyl (C=O) groups excluding carboxylic acids is 1. The van der Waals surface area contributed by atoms with Crippen LogP contribution in [0.4, 0.5) is 11.4 Å². The van der Waals surface area contributed by atoms with Gasteiger partial charge in [-0.2, -0.15) is 0 Å². The highest BCUT2D eigenvalue weighted by atomic mass is 32.2. The molecule has 0 aliphatic heterocycles. The van der Waals surface area contributed by atoms with Gasteiger partial charge in [0.2, 0.25) is 15.9 Å². The van der Waals surface area contributed by atoms with E-state index in [4.69, 9.17) is 0 Å². The average Bonchev–Trinajstić information content (AvgIpc) is 2.28. The Morgan fingerprint density at radius 3 is 2.17 bits per heavy atom. The van der Waals surface area contributed by atoms with Crippen molar-refractivity contribution in [1.29, 1.82) is 0 Å². The second-order valence-corrected chi connectivity index (χ2v) is 6.00. The van der Waals surface area contributed by atoms with Crippen LogP contribution in [0.2, 0.25) is 0 Å². The summed E-state index contributed by atoms with van der Waals surface area (Å²) < 4.78 is 24.4. The highest BCUT2D eigenvalue weighted by Crippen LogP contribution is 2.15. The lowest BCUT2D eigenvalue weighted by molar-refractivity contribution is -0.119. The van der Waals surface area contributed by atoms with E-state index in [0.29, 0.717) is 11.4 Å². The molecule has 6 heteroatoms. The fraction of sp³-hybridized carbons (Fsp3) is 0.417. The van der Waals surface area contributed by atoms with Gasteiger partial charge in [-0.05, 0) is 30.7 Å². The lowest BCUT2D eigenvalue weighted by Gasteiger charge is -2.10. The van der Waals surface area contributed by atoms with E-state index in [9.17, 15) is 13.2 Å². The van der Waals surface area contributed by atoms with E-state index in [1.807, 2.05) is 13.8 Å². The van der Waals surface area contributed by atoms with Crippen LogP contribution in [-0.2, 0) is 14.8 Å². The predicted octanol–water partition coefficient (Wildman–Crippen LogP) is 2.04. The number of rotatable bonds is 5. The SMILES string of the molecule is CCC(C)C(=O)Nc1ccc(NS(C)(=O)=O)cc1. The molecule has 0 saturated carbocycles. The third-order valence-electron chi connectivity index (χ3n) is 2.52. The van der Waals surface area contributed by atoms with Crippen LogP contribution in [0.1, 0.15) is 20.3 Å². The molecule has 1 rings (SSSR count). The smallest absolute Gasteiger partial charge is 0.229 e. The number of hydrogen-bond donors (Lipinski definition) is 2. The summed E-state index contributed by atoms with van der Waals surface area (Å²) in [4.78, 5) is 11.6. The molecule has 0 aromatic heterocycles. The Morgan fingerprint density at radius 1 is 1.22 bits per heavy atom. The van der Waals surface area contributed by atoms with Crippen LogP contribution in [0.5, 0.6) is 0 Å². The summed E-state index contributed by atoms with van der Waals surface area (Å²) in [6.07, 6.45) is 1.87. The second kappa shape index (κ2) is 5.86. The van der Waals surface area contributed by atoms with Crippen molar-refractivity contribution in [3.05, 3.63) is 24.3 Å². The van der Waals surface area contributed by atoms with Crippen LogP contribution in [0.3, 0.4) is 0 Å². The highest BCUT2D eigenvalue weighted by Gasteiger charge is 2.10. The van der Waals surface area contributed by atoms with Crippen molar-refractivity contribution in [1.82, 2.24) is 0 Å². The Morgan fingerprint density at radius 2 is 1.72 bits per heavy atom. The minimum Gasteiger partial charge on any atom is -0.326 e. The molecule has 18 heavy (non-hydrogen) atoms. The molecule has 2 N–H and O–H groups in total. The largest absolute Gasteiger partial charge is 0.326 e. The fourth-order valence-corrected chi connectivity index (χ4v) is 1.85. The van der Waals surface area contributed by atoms with Gasteiger partial charge in [0.1, 0.15) is 0 Å².